The second-order valence-electron chi connectivity index (χ2n) is 5.45. The Balaban J connectivity index is 2.05. The van der Waals surface area contributed by atoms with Crippen molar-refractivity contribution in [2.45, 2.75) is 24.7 Å². The minimum absolute atomic E-state index is 0.0344. The first-order valence-corrected chi connectivity index (χ1v) is 9.00. The van der Waals surface area contributed by atoms with E-state index in [1.165, 1.54) is 6.07 Å². The minimum atomic E-state index is -3.46. The van der Waals surface area contributed by atoms with E-state index in [9.17, 15) is 17.6 Å². The van der Waals surface area contributed by atoms with Crippen LogP contribution in [0.3, 0.4) is 0 Å². The van der Waals surface area contributed by atoms with E-state index in [4.69, 9.17) is 0 Å². The largest absolute Gasteiger partial charge is 0.324 e. The number of sulfone groups is 1. The molecule has 122 valence electrons. The van der Waals surface area contributed by atoms with Gasteiger partial charge in [-0.3, -0.25) is 4.79 Å². The number of carbonyl (C=O) groups is 1. The molecule has 23 heavy (non-hydrogen) atoms. The van der Waals surface area contributed by atoms with Crippen LogP contribution in [-0.4, -0.2) is 20.6 Å². The molecule has 2 aromatic carbocycles. The van der Waals surface area contributed by atoms with Crippen molar-refractivity contribution in [3.63, 3.8) is 0 Å². The lowest BCUT2D eigenvalue weighted by atomic mass is 10.1. The SMILES string of the molecule is Cc1cccc(CCC(=O)Nc2cc(S(C)(=O)=O)ccc2F)c1. The van der Waals surface area contributed by atoms with Gasteiger partial charge >= 0.3 is 0 Å². The molecule has 0 saturated carbocycles. The first kappa shape index (κ1) is 17.1. The second kappa shape index (κ2) is 6.91. The molecule has 0 heterocycles. The summed E-state index contributed by atoms with van der Waals surface area (Å²) >= 11 is 0. The molecule has 0 bridgehead atoms. The molecule has 1 amide bonds. The van der Waals surface area contributed by atoms with Gasteiger partial charge in [-0.05, 0) is 37.1 Å². The van der Waals surface area contributed by atoms with Gasteiger partial charge in [0.15, 0.2) is 9.84 Å². The summed E-state index contributed by atoms with van der Waals surface area (Å²) in [6.07, 6.45) is 1.75. The monoisotopic (exact) mass is 335 g/mol. The number of anilines is 1. The Labute approximate surface area is 135 Å². The molecule has 6 heteroatoms. The molecule has 0 unspecified atom stereocenters. The predicted molar refractivity (Wildman–Crippen MR) is 87.6 cm³/mol. The van der Waals surface area contributed by atoms with Crippen LogP contribution >= 0.6 is 0 Å². The highest BCUT2D eigenvalue weighted by Gasteiger charge is 2.13. The van der Waals surface area contributed by atoms with Gasteiger partial charge in [-0.2, -0.15) is 0 Å². The quantitative estimate of drug-likeness (QED) is 0.854. The Morgan fingerprint density at radius 1 is 1.17 bits per heavy atom. The zero-order valence-corrected chi connectivity index (χ0v) is 13.8. The van der Waals surface area contributed by atoms with Crippen molar-refractivity contribution in [2.75, 3.05) is 11.6 Å². The Morgan fingerprint density at radius 3 is 2.57 bits per heavy atom. The molecule has 0 aliphatic rings. The standard InChI is InChI=1S/C17H18FNO3S/c1-12-4-3-5-13(10-12)6-9-17(20)19-16-11-14(23(2,21)22)7-8-15(16)18/h3-5,7-8,10-11H,6,9H2,1-2H3,(H,19,20). The highest BCUT2D eigenvalue weighted by Crippen LogP contribution is 2.20. The summed E-state index contributed by atoms with van der Waals surface area (Å²) in [6, 6.07) is 11.1. The molecule has 0 atom stereocenters. The maximum Gasteiger partial charge on any atom is 0.224 e. The molecule has 0 aromatic heterocycles. The number of carbonyl (C=O) groups excluding carboxylic acids is 1. The van der Waals surface area contributed by atoms with Crippen molar-refractivity contribution >= 4 is 21.4 Å². The number of halogens is 1. The molecular formula is C17H18FNO3S. The summed E-state index contributed by atoms with van der Waals surface area (Å²) in [5, 5.41) is 2.43. The number of hydrogen-bond acceptors (Lipinski definition) is 3. The van der Waals surface area contributed by atoms with Gasteiger partial charge in [0.05, 0.1) is 10.6 Å². The van der Waals surface area contributed by atoms with Crippen molar-refractivity contribution in [1.29, 1.82) is 0 Å². The van der Waals surface area contributed by atoms with Gasteiger partial charge in [-0.25, -0.2) is 12.8 Å². The van der Waals surface area contributed by atoms with Crippen molar-refractivity contribution in [2.24, 2.45) is 0 Å². The maximum absolute atomic E-state index is 13.7. The fourth-order valence-electron chi connectivity index (χ4n) is 2.17. The lowest BCUT2D eigenvalue weighted by molar-refractivity contribution is -0.116. The highest BCUT2D eigenvalue weighted by atomic mass is 32.2. The van der Waals surface area contributed by atoms with Crippen LogP contribution in [0.4, 0.5) is 10.1 Å². The maximum atomic E-state index is 13.7. The summed E-state index contributed by atoms with van der Waals surface area (Å²) in [5.74, 6) is -1.03. The van der Waals surface area contributed by atoms with Gasteiger partial charge < -0.3 is 5.32 Å². The highest BCUT2D eigenvalue weighted by molar-refractivity contribution is 7.90. The summed E-state index contributed by atoms with van der Waals surface area (Å²) in [5.41, 5.74) is 2.00. The normalized spacial score (nSPS) is 11.3. The van der Waals surface area contributed by atoms with Crippen molar-refractivity contribution in [3.05, 3.63) is 59.4 Å². The molecule has 1 N–H and O–H groups in total. The Bertz CT molecular complexity index is 831. The zero-order chi connectivity index (χ0) is 17.0. The lowest BCUT2D eigenvalue weighted by Crippen LogP contribution is -2.14. The number of hydrogen-bond donors (Lipinski definition) is 1. The first-order valence-electron chi connectivity index (χ1n) is 7.11. The summed E-state index contributed by atoms with van der Waals surface area (Å²) in [6.45, 7) is 1.97. The predicted octanol–water partition coefficient (Wildman–Crippen LogP) is 3.11. The number of benzene rings is 2. The molecule has 0 fully saturated rings. The molecule has 0 radical (unpaired) electrons. The van der Waals surface area contributed by atoms with E-state index in [0.29, 0.717) is 6.42 Å². The first-order chi connectivity index (χ1) is 10.8. The molecule has 0 aliphatic heterocycles. The summed E-state index contributed by atoms with van der Waals surface area (Å²) < 4.78 is 36.7. The van der Waals surface area contributed by atoms with E-state index >= 15 is 0 Å². The molecule has 0 spiro atoms. The van der Waals surface area contributed by atoms with Gasteiger partial charge in [0.1, 0.15) is 5.82 Å². The third kappa shape index (κ3) is 4.89. The molecule has 4 nitrogen and oxygen atoms in total. The fourth-order valence-corrected chi connectivity index (χ4v) is 2.82. The average molecular weight is 335 g/mol. The van der Waals surface area contributed by atoms with E-state index in [2.05, 4.69) is 5.32 Å². The summed E-state index contributed by atoms with van der Waals surface area (Å²) in [7, 11) is -3.46. The Hall–Kier alpha value is -2.21. The average Bonchev–Trinajstić information content (AvgIpc) is 2.46. The zero-order valence-electron chi connectivity index (χ0n) is 13.0. The number of aryl methyl sites for hydroxylation is 2. The third-order valence-electron chi connectivity index (χ3n) is 3.36. The van der Waals surface area contributed by atoms with Crippen molar-refractivity contribution in [3.8, 4) is 0 Å². The van der Waals surface area contributed by atoms with Crippen LogP contribution in [-0.2, 0) is 21.1 Å². The van der Waals surface area contributed by atoms with Gasteiger partial charge in [-0.15, -0.1) is 0 Å². The van der Waals surface area contributed by atoms with Crippen molar-refractivity contribution < 1.29 is 17.6 Å². The number of amides is 1. The Kier molecular flexibility index (Phi) is 5.15. The smallest absolute Gasteiger partial charge is 0.224 e. The topological polar surface area (TPSA) is 63.2 Å². The minimum Gasteiger partial charge on any atom is -0.324 e. The van der Waals surface area contributed by atoms with Gasteiger partial charge in [-0.1, -0.05) is 29.8 Å². The van der Waals surface area contributed by atoms with Gasteiger partial charge in [0.25, 0.3) is 0 Å². The van der Waals surface area contributed by atoms with E-state index < -0.39 is 15.7 Å². The van der Waals surface area contributed by atoms with Crippen LogP contribution in [0.2, 0.25) is 0 Å². The molecule has 0 aliphatic carbocycles. The third-order valence-corrected chi connectivity index (χ3v) is 4.47. The van der Waals surface area contributed by atoms with Crippen molar-refractivity contribution in [1.82, 2.24) is 0 Å². The molecular weight excluding hydrogens is 317 g/mol. The van der Waals surface area contributed by atoms with Gasteiger partial charge in [0.2, 0.25) is 5.91 Å². The van der Waals surface area contributed by atoms with Crippen LogP contribution in [0, 0.1) is 12.7 Å². The van der Waals surface area contributed by atoms with Crippen LogP contribution in [0.1, 0.15) is 17.5 Å². The van der Waals surface area contributed by atoms with Crippen LogP contribution in [0.15, 0.2) is 47.4 Å². The van der Waals surface area contributed by atoms with E-state index in [1.54, 1.807) is 0 Å². The Morgan fingerprint density at radius 2 is 1.91 bits per heavy atom. The molecule has 2 aromatic rings. The fraction of sp³-hybridized carbons (Fsp3) is 0.235. The van der Waals surface area contributed by atoms with E-state index in [0.717, 1.165) is 29.5 Å². The number of rotatable bonds is 5. The summed E-state index contributed by atoms with van der Waals surface area (Å²) in [4.78, 5) is 11.9. The van der Waals surface area contributed by atoms with Crippen LogP contribution in [0.25, 0.3) is 0 Å². The lowest BCUT2D eigenvalue weighted by Gasteiger charge is -2.08. The number of nitrogens with one attached hydrogen (secondary N) is 1. The molecule has 0 saturated heterocycles. The van der Waals surface area contributed by atoms with Crippen LogP contribution in [0.5, 0.6) is 0 Å². The second-order valence-corrected chi connectivity index (χ2v) is 7.47. The molecule has 2 rings (SSSR count). The van der Waals surface area contributed by atoms with E-state index in [-0.39, 0.29) is 22.9 Å². The van der Waals surface area contributed by atoms with Crippen LogP contribution < -0.4 is 5.32 Å². The van der Waals surface area contributed by atoms with E-state index in [1.807, 2.05) is 31.2 Å². The van der Waals surface area contributed by atoms with Gasteiger partial charge in [0, 0.05) is 12.7 Å².